The monoisotopic (exact) mass is 397 g/mol. The normalized spacial score (nSPS) is 11.8. The number of nitrogens with zero attached hydrogens (tertiary/aromatic N) is 5. The van der Waals surface area contributed by atoms with Crippen molar-refractivity contribution in [2.24, 2.45) is 0 Å². The van der Waals surface area contributed by atoms with Gasteiger partial charge in [-0.05, 0) is 43.0 Å². The second-order valence-electron chi connectivity index (χ2n) is 6.16. The first-order valence-corrected chi connectivity index (χ1v) is 9.69. The molecule has 9 heteroatoms. The number of carbonyl (C=O) groups excluding carboxylic acids is 1. The Morgan fingerprint density at radius 3 is 2.54 bits per heavy atom. The fourth-order valence-electron chi connectivity index (χ4n) is 2.81. The summed E-state index contributed by atoms with van der Waals surface area (Å²) in [6.45, 7) is 1.88. The Bertz CT molecular complexity index is 989. The molecule has 28 heavy (non-hydrogen) atoms. The van der Waals surface area contributed by atoms with E-state index in [1.165, 1.54) is 29.1 Å². The topological polar surface area (TPSA) is 94.2 Å². The van der Waals surface area contributed by atoms with E-state index in [2.05, 4.69) is 10.1 Å². The van der Waals surface area contributed by atoms with Crippen LogP contribution in [0, 0.1) is 10.1 Å². The van der Waals surface area contributed by atoms with Crippen LogP contribution in [0.25, 0.3) is 5.69 Å². The van der Waals surface area contributed by atoms with E-state index in [1.54, 1.807) is 30.2 Å². The first kappa shape index (κ1) is 19.6. The number of hydrogen-bond acceptors (Lipinski definition) is 6. The van der Waals surface area contributed by atoms with Crippen LogP contribution in [0.15, 0.2) is 60.0 Å². The molecule has 0 bridgehead atoms. The van der Waals surface area contributed by atoms with Crippen molar-refractivity contribution in [2.75, 3.05) is 13.3 Å². The first-order valence-electron chi connectivity index (χ1n) is 8.47. The van der Waals surface area contributed by atoms with Crippen LogP contribution >= 0.6 is 11.8 Å². The maximum atomic E-state index is 13.0. The molecule has 3 aromatic rings. The van der Waals surface area contributed by atoms with E-state index in [0.29, 0.717) is 0 Å². The summed E-state index contributed by atoms with van der Waals surface area (Å²) >= 11 is 1.43. The number of nitro benzene ring substituents is 1. The standard InChI is InChI=1S/C19H19N5O3S/c1-13(14-4-6-15(7-5-14)23-12-20-11-21-23)22(2)19(25)17-10-16(28-3)8-9-18(17)24(26)27/h4-13H,1-3H3. The lowest BCUT2D eigenvalue weighted by Gasteiger charge is -2.25. The molecule has 0 aliphatic carbocycles. The highest BCUT2D eigenvalue weighted by molar-refractivity contribution is 7.98. The smallest absolute Gasteiger partial charge is 0.282 e. The predicted molar refractivity (Wildman–Crippen MR) is 107 cm³/mol. The molecule has 8 nitrogen and oxygen atoms in total. The molecule has 0 fully saturated rings. The SMILES string of the molecule is CSc1ccc([N+](=O)[O-])c(C(=O)N(C)C(C)c2ccc(-n3cncn3)cc2)c1. The van der Waals surface area contributed by atoms with Crippen molar-refractivity contribution in [3.05, 3.63) is 76.4 Å². The molecule has 0 aliphatic heterocycles. The van der Waals surface area contributed by atoms with Gasteiger partial charge in [0.15, 0.2) is 0 Å². The van der Waals surface area contributed by atoms with Crippen LogP contribution in [0.4, 0.5) is 5.69 Å². The fraction of sp³-hybridized carbons (Fsp3) is 0.211. The predicted octanol–water partition coefficient (Wildman–Crippen LogP) is 3.73. The third-order valence-electron chi connectivity index (χ3n) is 4.59. The van der Waals surface area contributed by atoms with E-state index in [0.717, 1.165) is 16.1 Å². The van der Waals surface area contributed by atoms with Crippen molar-refractivity contribution in [3.8, 4) is 5.69 Å². The van der Waals surface area contributed by atoms with Crippen molar-refractivity contribution in [1.29, 1.82) is 0 Å². The summed E-state index contributed by atoms with van der Waals surface area (Å²) in [7, 11) is 1.65. The third-order valence-corrected chi connectivity index (χ3v) is 5.32. The molecule has 144 valence electrons. The third kappa shape index (κ3) is 3.89. The molecule has 1 unspecified atom stereocenters. The molecule has 2 aromatic carbocycles. The van der Waals surface area contributed by atoms with Crippen LogP contribution in [0.1, 0.15) is 28.9 Å². The van der Waals surface area contributed by atoms with E-state index in [-0.39, 0.29) is 17.3 Å². The Hall–Kier alpha value is -3.20. The van der Waals surface area contributed by atoms with Crippen LogP contribution in [-0.2, 0) is 0 Å². The van der Waals surface area contributed by atoms with E-state index in [1.807, 2.05) is 37.4 Å². The fourth-order valence-corrected chi connectivity index (χ4v) is 3.25. The highest BCUT2D eigenvalue weighted by Gasteiger charge is 2.26. The number of rotatable bonds is 6. The van der Waals surface area contributed by atoms with Crippen molar-refractivity contribution in [2.45, 2.75) is 17.9 Å². The molecule has 0 aliphatic rings. The number of carbonyl (C=O) groups is 1. The molecule has 1 aromatic heterocycles. The van der Waals surface area contributed by atoms with E-state index in [4.69, 9.17) is 0 Å². The van der Waals surface area contributed by atoms with Gasteiger partial charge in [-0.15, -0.1) is 11.8 Å². The van der Waals surface area contributed by atoms with Crippen LogP contribution in [0.3, 0.4) is 0 Å². The second-order valence-corrected chi connectivity index (χ2v) is 7.04. The lowest BCUT2D eigenvalue weighted by atomic mass is 10.0. The van der Waals surface area contributed by atoms with E-state index < -0.39 is 10.8 Å². The average molecular weight is 397 g/mol. The Morgan fingerprint density at radius 1 is 1.25 bits per heavy atom. The number of thioether (sulfide) groups is 1. The summed E-state index contributed by atoms with van der Waals surface area (Å²) in [5.74, 6) is -0.393. The number of amides is 1. The van der Waals surface area contributed by atoms with Crippen LogP contribution in [-0.4, -0.2) is 43.8 Å². The van der Waals surface area contributed by atoms with Gasteiger partial charge >= 0.3 is 0 Å². The van der Waals surface area contributed by atoms with Gasteiger partial charge in [0.25, 0.3) is 11.6 Å². The Labute approximate surface area is 166 Å². The van der Waals surface area contributed by atoms with Gasteiger partial charge in [0.2, 0.25) is 0 Å². The summed E-state index contributed by atoms with van der Waals surface area (Å²) in [6, 6.07) is 11.9. The maximum absolute atomic E-state index is 13.0. The largest absolute Gasteiger partial charge is 0.335 e. The Morgan fingerprint density at radius 2 is 1.96 bits per heavy atom. The molecule has 0 radical (unpaired) electrons. The van der Waals surface area contributed by atoms with Crippen LogP contribution < -0.4 is 0 Å². The molecule has 3 rings (SSSR count). The molecule has 1 heterocycles. The number of benzene rings is 2. The number of aromatic nitrogens is 3. The molecular weight excluding hydrogens is 378 g/mol. The molecule has 0 saturated carbocycles. The van der Waals surface area contributed by atoms with Gasteiger partial charge in [-0.1, -0.05) is 12.1 Å². The van der Waals surface area contributed by atoms with E-state index >= 15 is 0 Å². The van der Waals surface area contributed by atoms with Gasteiger partial charge in [0.1, 0.15) is 18.2 Å². The highest BCUT2D eigenvalue weighted by atomic mass is 32.2. The minimum Gasteiger partial charge on any atom is -0.335 e. The van der Waals surface area contributed by atoms with Crippen LogP contribution in [0.5, 0.6) is 0 Å². The van der Waals surface area contributed by atoms with Gasteiger partial charge in [-0.25, -0.2) is 9.67 Å². The van der Waals surface area contributed by atoms with Gasteiger partial charge in [-0.2, -0.15) is 5.10 Å². The summed E-state index contributed by atoms with van der Waals surface area (Å²) in [6.07, 6.45) is 4.92. The summed E-state index contributed by atoms with van der Waals surface area (Å²) in [4.78, 5) is 30.1. The maximum Gasteiger partial charge on any atom is 0.282 e. The zero-order chi connectivity index (χ0) is 20.3. The molecule has 1 amide bonds. The molecule has 0 saturated heterocycles. The van der Waals surface area contributed by atoms with Gasteiger partial charge in [0, 0.05) is 18.0 Å². The van der Waals surface area contributed by atoms with Crippen molar-refractivity contribution < 1.29 is 9.72 Å². The summed E-state index contributed by atoms with van der Waals surface area (Å²) in [5, 5.41) is 15.4. The van der Waals surface area contributed by atoms with Gasteiger partial charge < -0.3 is 4.90 Å². The van der Waals surface area contributed by atoms with E-state index in [9.17, 15) is 14.9 Å². The quantitative estimate of drug-likeness (QED) is 0.357. The zero-order valence-corrected chi connectivity index (χ0v) is 16.5. The molecular formula is C19H19N5O3S. The van der Waals surface area contributed by atoms with Gasteiger partial charge in [-0.3, -0.25) is 14.9 Å². The van der Waals surface area contributed by atoms with Gasteiger partial charge in [0.05, 0.1) is 16.7 Å². The van der Waals surface area contributed by atoms with Crippen LogP contribution in [0.2, 0.25) is 0 Å². The minimum absolute atomic E-state index is 0.0884. The molecule has 1 atom stereocenters. The van der Waals surface area contributed by atoms with Crippen molar-refractivity contribution >= 4 is 23.4 Å². The minimum atomic E-state index is -0.525. The highest BCUT2D eigenvalue weighted by Crippen LogP contribution is 2.28. The Kier molecular flexibility index (Phi) is 5.74. The molecule has 0 N–H and O–H groups in total. The zero-order valence-electron chi connectivity index (χ0n) is 15.6. The first-order chi connectivity index (χ1) is 13.4. The average Bonchev–Trinajstić information content (AvgIpc) is 3.26. The van der Waals surface area contributed by atoms with Crippen molar-refractivity contribution in [3.63, 3.8) is 0 Å². The summed E-state index contributed by atoms with van der Waals surface area (Å²) in [5.41, 5.74) is 1.66. The summed E-state index contributed by atoms with van der Waals surface area (Å²) < 4.78 is 1.64. The lowest BCUT2D eigenvalue weighted by molar-refractivity contribution is -0.385. The lowest BCUT2D eigenvalue weighted by Crippen LogP contribution is -2.30. The second kappa shape index (κ2) is 8.22. The number of hydrogen-bond donors (Lipinski definition) is 0. The number of nitro groups is 1. The van der Waals surface area contributed by atoms with Crippen molar-refractivity contribution in [1.82, 2.24) is 19.7 Å². The molecule has 0 spiro atoms. The Balaban J connectivity index is 1.86.